The smallest absolute Gasteiger partial charge is 0.255 e. The zero-order valence-electron chi connectivity index (χ0n) is 10.6. The first kappa shape index (κ1) is 11.8. The van der Waals surface area contributed by atoms with E-state index in [2.05, 4.69) is 11.9 Å². The molecule has 0 amide bonds. The second-order valence-corrected chi connectivity index (χ2v) is 4.59. The first-order valence-electron chi connectivity index (χ1n) is 6.40. The Bertz CT molecular complexity index is 670. The standard InChI is InChI=1S/C15H13NO3/c1-2-3-8-11-16-12-14(18)13(17)9-6-4-5-7-10(9)15(12)19-11/h4-7H,2-3,8H2,1H3. The van der Waals surface area contributed by atoms with E-state index in [0.29, 0.717) is 29.2 Å². The zero-order chi connectivity index (χ0) is 13.4. The number of carbonyl (C=O) groups excluding carboxylic acids is 2. The minimum Gasteiger partial charge on any atom is -0.440 e. The molecule has 2 aromatic rings. The van der Waals surface area contributed by atoms with Crippen molar-refractivity contribution in [3.05, 3.63) is 41.4 Å². The van der Waals surface area contributed by atoms with Crippen LogP contribution in [0, 0.1) is 0 Å². The third-order valence-corrected chi connectivity index (χ3v) is 3.25. The number of nitrogens with zero attached hydrogens (tertiary/aromatic N) is 1. The van der Waals surface area contributed by atoms with Crippen LogP contribution in [0.5, 0.6) is 0 Å². The average molecular weight is 255 g/mol. The van der Waals surface area contributed by atoms with Crippen LogP contribution < -0.4 is 0 Å². The molecule has 1 aliphatic rings. The lowest BCUT2D eigenvalue weighted by Crippen LogP contribution is -2.20. The lowest BCUT2D eigenvalue weighted by atomic mass is 9.91. The summed E-state index contributed by atoms with van der Waals surface area (Å²) in [4.78, 5) is 28.1. The number of hydrogen-bond donors (Lipinski definition) is 0. The summed E-state index contributed by atoms with van der Waals surface area (Å²) in [6, 6.07) is 6.99. The van der Waals surface area contributed by atoms with E-state index in [0.717, 1.165) is 12.8 Å². The van der Waals surface area contributed by atoms with Crippen molar-refractivity contribution in [3.63, 3.8) is 0 Å². The van der Waals surface area contributed by atoms with Crippen molar-refractivity contribution in [1.82, 2.24) is 4.98 Å². The van der Waals surface area contributed by atoms with Crippen LogP contribution in [0.25, 0.3) is 11.3 Å². The maximum atomic E-state index is 12.0. The van der Waals surface area contributed by atoms with Crippen LogP contribution in [0.4, 0.5) is 0 Å². The summed E-state index contributed by atoms with van der Waals surface area (Å²) in [5, 5.41) is 0. The van der Waals surface area contributed by atoms with Gasteiger partial charge in [0.2, 0.25) is 5.78 Å². The Hall–Kier alpha value is -2.23. The Morgan fingerprint density at radius 1 is 1.11 bits per heavy atom. The second kappa shape index (κ2) is 4.46. The fourth-order valence-corrected chi connectivity index (χ4v) is 2.24. The van der Waals surface area contributed by atoms with Gasteiger partial charge < -0.3 is 4.42 Å². The predicted octanol–water partition coefficient (Wildman–Crippen LogP) is 3.06. The lowest BCUT2D eigenvalue weighted by molar-refractivity contribution is 0.0812. The van der Waals surface area contributed by atoms with Crippen molar-refractivity contribution in [2.45, 2.75) is 26.2 Å². The molecule has 0 saturated heterocycles. The van der Waals surface area contributed by atoms with Gasteiger partial charge in [-0.1, -0.05) is 37.6 Å². The van der Waals surface area contributed by atoms with Crippen LogP contribution in [0.1, 0.15) is 46.5 Å². The molecule has 1 aromatic carbocycles. The highest BCUT2D eigenvalue weighted by molar-refractivity contribution is 6.52. The predicted molar refractivity (Wildman–Crippen MR) is 69.2 cm³/mol. The molecule has 0 aliphatic heterocycles. The van der Waals surface area contributed by atoms with Gasteiger partial charge in [-0.05, 0) is 6.42 Å². The van der Waals surface area contributed by atoms with E-state index in [-0.39, 0.29) is 5.69 Å². The normalized spacial score (nSPS) is 13.3. The topological polar surface area (TPSA) is 60.2 Å². The highest BCUT2D eigenvalue weighted by Gasteiger charge is 2.34. The molecule has 0 saturated carbocycles. The van der Waals surface area contributed by atoms with Gasteiger partial charge in [-0.15, -0.1) is 0 Å². The summed E-state index contributed by atoms with van der Waals surface area (Å²) < 4.78 is 5.67. The number of unbranched alkanes of at least 4 members (excludes halogenated alkanes) is 1. The van der Waals surface area contributed by atoms with Crippen LogP contribution in [-0.4, -0.2) is 16.6 Å². The molecule has 0 atom stereocenters. The number of Topliss-reactive ketones (excluding diaryl/α,β-unsaturated/α-hetero) is 2. The van der Waals surface area contributed by atoms with Crippen LogP contribution in [0.3, 0.4) is 0 Å². The maximum Gasteiger partial charge on any atom is 0.255 e. The van der Waals surface area contributed by atoms with E-state index in [1.54, 1.807) is 18.2 Å². The van der Waals surface area contributed by atoms with Crippen LogP contribution >= 0.6 is 0 Å². The second-order valence-electron chi connectivity index (χ2n) is 4.59. The summed E-state index contributed by atoms with van der Waals surface area (Å²) >= 11 is 0. The quantitative estimate of drug-likeness (QED) is 0.791. The van der Waals surface area contributed by atoms with Crippen molar-refractivity contribution in [2.24, 2.45) is 0 Å². The molecule has 19 heavy (non-hydrogen) atoms. The van der Waals surface area contributed by atoms with E-state index >= 15 is 0 Å². The lowest BCUT2D eigenvalue weighted by Gasteiger charge is -2.10. The van der Waals surface area contributed by atoms with Crippen molar-refractivity contribution in [2.75, 3.05) is 0 Å². The monoisotopic (exact) mass is 255 g/mol. The molecule has 1 aromatic heterocycles. The maximum absolute atomic E-state index is 12.0. The minimum atomic E-state index is -0.569. The van der Waals surface area contributed by atoms with Crippen molar-refractivity contribution in [3.8, 4) is 11.3 Å². The molecular formula is C15H13NO3. The van der Waals surface area contributed by atoms with Gasteiger partial charge in [0, 0.05) is 17.5 Å². The number of fused-ring (bicyclic) bond motifs is 3. The average Bonchev–Trinajstić information content (AvgIpc) is 2.87. The van der Waals surface area contributed by atoms with Gasteiger partial charge in [0.1, 0.15) is 0 Å². The molecule has 0 unspecified atom stereocenters. The summed E-state index contributed by atoms with van der Waals surface area (Å²) in [5.41, 5.74) is 1.23. The minimum absolute atomic E-state index is 0.162. The fourth-order valence-electron chi connectivity index (χ4n) is 2.24. The fraction of sp³-hybridized carbons (Fsp3) is 0.267. The van der Waals surface area contributed by atoms with Gasteiger partial charge in [-0.2, -0.15) is 0 Å². The van der Waals surface area contributed by atoms with E-state index in [9.17, 15) is 9.59 Å². The number of rotatable bonds is 3. The van der Waals surface area contributed by atoms with Gasteiger partial charge >= 0.3 is 0 Å². The molecule has 3 rings (SSSR count). The van der Waals surface area contributed by atoms with E-state index < -0.39 is 11.6 Å². The third-order valence-electron chi connectivity index (χ3n) is 3.25. The molecule has 96 valence electrons. The van der Waals surface area contributed by atoms with E-state index in [1.807, 2.05) is 6.07 Å². The SMILES string of the molecule is CCCCc1nc2c(o1)-c1ccccc1C(=O)C2=O. The van der Waals surface area contributed by atoms with Gasteiger partial charge in [0.05, 0.1) is 0 Å². The molecule has 4 heteroatoms. The van der Waals surface area contributed by atoms with Crippen molar-refractivity contribution < 1.29 is 14.0 Å². The summed E-state index contributed by atoms with van der Waals surface area (Å²) in [7, 11) is 0. The highest BCUT2D eigenvalue weighted by atomic mass is 16.4. The molecular weight excluding hydrogens is 242 g/mol. The number of ketones is 2. The largest absolute Gasteiger partial charge is 0.440 e. The number of aryl methyl sites for hydroxylation is 1. The first-order valence-corrected chi connectivity index (χ1v) is 6.40. The molecule has 1 heterocycles. The molecule has 1 aliphatic carbocycles. The number of aromatic nitrogens is 1. The molecule has 4 nitrogen and oxygen atoms in total. The Morgan fingerprint density at radius 2 is 1.84 bits per heavy atom. The van der Waals surface area contributed by atoms with Crippen LogP contribution in [-0.2, 0) is 6.42 Å². The molecule has 0 fully saturated rings. The zero-order valence-corrected chi connectivity index (χ0v) is 10.6. The summed E-state index contributed by atoms with van der Waals surface area (Å²) in [5.74, 6) is -0.102. The Kier molecular flexibility index (Phi) is 2.78. The van der Waals surface area contributed by atoms with E-state index in [4.69, 9.17) is 4.42 Å². The molecule has 0 bridgehead atoms. The number of oxazole rings is 1. The third kappa shape index (κ3) is 1.80. The van der Waals surface area contributed by atoms with Gasteiger partial charge in [-0.3, -0.25) is 9.59 Å². The molecule has 0 N–H and O–H groups in total. The van der Waals surface area contributed by atoms with Crippen LogP contribution in [0.2, 0.25) is 0 Å². The number of carbonyl (C=O) groups is 2. The number of hydrogen-bond acceptors (Lipinski definition) is 4. The number of benzene rings is 1. The summed E-state index contributed by atoms with van der Waals surface area (Å²) in [6.07, 6.45) is 2.66. The van der Waals surface area contributed by atoms with Gasteiger partial charge in [0.15, 0.2) is 17.3 Å². The van der Waals surface area contributed by atoms with Crippen molar-refractivity contribution in [1.29, 1.82) is 0 Å². The Balaban J connectivity index is 2.13. The van der Waals surface area contributed by atoms with Crippen LogP contribution in [0.15, 0.2) is 28.7 Å². The van der Waals surface area contributed by atoms with Gasteiger partial charge in [-0.25, -0.2) is 4.98 Å². The van der Waals surface area contributed by atoms with Crippen molar-refractivity contribution >= 4 is 11.6 Å². The van der Waals surface area contributed by atoms with E-state index in [1.165, 1.54) is 0 Å². The molecule has 0 spiro atoms. The Morgan fingerprint density at radius 3 is 2.58 bits per heavy atom. The first-order chi connectivity index (χ1) is 9.22. The summed E-state index contributed by atoms with van der Waals surface area (Å²) in [6.45, 7) is 2.08. The highest BCUT2D eigenvalue weighted by Crippen LogP contribution is 2.34. The molecule has 0 radical (unpaired) electrons. The van der Waals surface area contributed by atoms with Gasteiger partial charge in [0.25, 0.3) is 5.78 Å². The Labute approximate surface area is 110 Å².